The molecule has 1 aromatic carbocycles. The summed E-state index contributed by atoms with van der Waals surface area (Å²) in [4.78, 5) is 12.8. The molecule has 0 unspecified atom stereocenters. The van der Waals surface area contributed by atoms with E-state index in [1.165, 1.54) is 6.08 Å². The molecule has 0 fully saturated rings. The molecule has 0 spiro atoms. The lowest BCUT2D eigenvalue weighted by atomic mass is 10.2. The summed E-state index contributed by atoms with van der Waals surface area (Å²) in [5.74, 6) is -0.471. The van der Waals surface area contributed by atoms with E-state index in [1.807, 2.05) is 35.9 Å². The first-order valence-corrected chi connectivity index (χ1v) is 4.91. The van der Waals surface area contributed by atoms with E-state index in [2.05, 4.69) is 4.85 Å². The molecule has 0 amide bonds. The first-order valence-electron chi connectivity index (χ1n) is 4.91. The highest BCUT2D eigenvalue weighted by Gasteiger charge is 2.12. The van der Waals surface area contributed by atoms with Gasteiger partial charge >= 0.3 is 5.82 Å². The Kier molecular flexibility index (Phi) is 2.63. The van der Waals surface area contributed by atoms with Crippen molar-refractivity contribution in [2.45, 2.75) is 0 Å². The number of nitro groups is 1. The van der Waals surface area contributed by atoms with E-state index in [0.29, 0.717) is 5.56 Å². The summed E-state index contributed by atoms with van der Waals surface area (Å²) in [6.45, 7) is 6.76. The van der Waals surface area contributed by atoms with Crippen LogP contribution in [0.4, 0.5) is 0 Å². The Bertz CT molecular complexity index is 662. The summed E-state index contributed by atoms with van der Waals surface area (Å²) in [6, 6.07) is 7.57. The molecule has 0 aliphatic rings. The number of aryl methyl sites for hydroxylation is 1. The summed E-state index contributed by atoms with van der Waals surface area (Å²) < 4.78 is 1.88. The van der Waals surface area contributed by atoms with Crippen LogP contribution in [0, 0.1) is 16.7 Å². The number of fused-ring (bicyclic) bond motifs is 1. The smallest absolute Gasteiger partial charge is 0.350 e. The Hall–Kier alpha value is -2.61. The highest BCUT2D eigenvalue weighted by atomic mass is 16.6. The van der Waals surface area contributed by atoms with Crippen molar-refractivity contribution in [3.05, 3.63) is 63.4 Å². The molecule has 1 aromatic heterocycles. The monoisotopic (exact) mass is 227 g/mol. The van der Waals surface area contributed by atoms with Crippen molar-refractivity contribution in [2.24, 2.45) is 7.05 Å². The molecule has 1 heterocycles. The molecule has 0 radical (unpaired) electrons. The fraction of sp³-hybridized carbons (Fsp3) is 0.0833. The molecule has 2 aromatic rings. The molecule has 17 heavy (non-hydrogen) atoms. The van der Waals surface area contributed by atoms with Gasteiger partial charge in [0.15, 0.2) is 0 Å². The molecule has 84 valence electrons. The van der Waals surface area contributed by atoms with Crippen molar-refractivity contribution >= 4 is 17.0 Å². The average Bonchev–Trinajstić information content (AvgIpc) is 2.63. The minimum absolute atomic E-state index is 0.471. The van der Waals surface area contributed by atoms with Crippen LogP contribution in [0.5, 0.6) is 0 Å². The van der Waals surface area contributed by atoms with Crippen LogP contribution in [0.2, 0.25) is 0 Å². The Balaban J connectivity index is 2.65. The Labute approximate surface area is 97.6 Å². The van der Waals surface area contributed by atoms with Gasteiger partial charge in [-0.05, 0) is 11.6 Å². The molecule has 5 heteroatoms. The molecular formula is C12H9N3O2. The predicted octanol–water partition coefficient (Wildman–Crippen LogP) is 2.67. The summed E-state index contributed by atoms with van der Waals surface area (Å²) >= 11 is 0. The molecule has 5 nitrogen and oxygen atoms in total. The molecule has 0 saturated carbocycles. The van der Waals surface area contributed by atoms with Crippen molar-refractivity contribution in [3.63, 3.8) is 0 Å². The lowest BCUT2D eigenvalue weighted by Gasteiger charge is -1.93. The maximum absolute atomic E-state index is 10.6. The maximum Gasteiger partial charge on any atom is 0.475 e. The zero-order valence-corrected chi connectivity index (χ0v) is 9.12. The van der Waals surface area contributed by atoms with Gasteiger partial charge in [-0.3, -0.25) is 10.1 Å². The Morgan fingerprint density at radius 2 is 2.24 bits per heavy atom. The van der Waals surface area contributed by atoms with Gasteiger partial charge in [-0.25, -0.2) is 0 Å². The van der Waals surface area contributed by atoms with Gasteiger partial charge in [-0.15, -0.1) is 0 Å². The van der Waals surface area contributed by atoms with Crippen LogP contribution >= 0.6 is 0 Å². The van der Waals surface area contributed by atoms with Gasteiger partial charge in [0, 0.05) is 30.2 Å². The Morgan fingerprint density at radius 1 is 1.53 bits per heavy atom. The first kappa shape index (κ1) is 10.9. The fourth-order valence-corrected chi connectivity index (χ4v) is 1.75. The van der Waals surface area contributed by atoms with E-state index in [0.717, 1.165) is 10.9 Å². The van der Waals surface area contributed by atoms with Gasteiger partial charge in [0.05, 0.1) is 4.92 Å². The molecule has 0 saturated heterocycles. The molecule has 2 rings (SSSR count). The number of hydrogen-bond donors (Lipinski definition) is 0. The average molecular weight is 227 g/mol. The standard InChI is InChI=1S/C12H9N3O2/c1-13-12(15(16)17)7-9-8-14(2)11-6-4-3-5-10(9)11/h3-8H,2H3/b12-7+. The molecule has 0 N–H and O–H groups in total. The van der Waals surface area contributed by atoms with Crippen molar-refractivity contribution in [1.82, 2.24) is 4.57 Å². The van der Waals surface area contributed by atoms with E-state index in [9.17, 15) is 10.1 Å². The molecule has 0 aliphatic heterocycles. The van der Waals surface area contributed by atoms with Gasteiger partial charge in [-0.2, -0.15) is 4.85 Å². The third-order valence-corrected chi connectivity index (χ3v) is 2.51. The van der Waals surface area contributed by atoms with E-state index in [1.54, 1.807) is 6.20 Å². The number of rotatable bonds is 2. The number of hydrogen-bond acceptors (Lipinski definition) is 2. The van der Waals surface area contributed by atoms with Crippen LogP contribution in [0.3, 0.4) is 0 Å². The van der Waals surface area contributed by atoms with Crippen LogP contribution < -0.4 is 0 Å². The molecule has 0 atom stereocenters. The predicted molar refractivity (Wildman–Crippen MR) is 64.5 cm³/mol. The zero-order chi connectivity index (χ0) is 12.4. The SMILES string of the molecule is [C-]#[N+]/C(=C\c1cn(C)c2ccccc12)[N+](=O)[O-]. The number of para-hydroxylation sites is 1. The second kappa shape index (κ2) is 4.10. The van der Waals surface area contributed by atoms with Crippen molar-refractivity contribution < 1.29 is 4.92 Å². The van der Waals surface area contributed by atoms with E-state index in [4.69, 9.17) is 6.57 Å². The largest absolute Gasteiger partial charge is 0.475 e. The van der Waals surface area contributed by atoms with E-state index >= 15 is 0 Å². The number of benzene rings is 1. The van der Waals surface area contributed by atoms with Crippen molar-refractivity contribution in [1.29, 1.82) is 0 Å². The minimum Gasteiger partial charge on any atom is -0.350 e. The highest BCUT2D eigenvalue weighted by Crippen LogP contribution is 2.22. The summed E-state index contributed by atoms with van der Waals surface area (Å²) in [6.07, 6.45) is 3.08. The second-order valence-electron chi connectivity index (χ2n) is 3.58. The van der Waals surface area contributed by atoms with Crippen LogP contribution in [0.25, 0.3) is 21.8 Å². The van der Waals surface area contributed by atoms with Crippen molar-refractivity contribution in [2.75, 3.05) is 0 Å². The lowest BCUT2D eigenvalue weighted by molar-refractivity contribution is -0.417. The normalized spacial score (nSPS) is 11.4. The number of nitrogens with zero attached hydrogens (tertiary/aromatic N) is 3. The van der Waals surface area contributed by atoms with Crippen LogP contribution in [0.1, 0.15) is 5.56 Å². The van der Waals surface area contributed by atoms with Crippen LogP contribution in [0.15, 0.2) is 36.3 Å². The van der Waals surface area contributed by atoms with Gasteiger partial charge in [0.2, 0.25) is 0 Å². The summed E-state index contributed by atoms with van der Waals surface area (Å²) in [5.41, 5.74) is 1.66. The summed E-state index contributed by atoms with van der Waals surface area (Å²) in [5, 5.41) is 11.5. The second-order valence-corrected chi connectivity index (χ2v) is 3.58. The third kappa shape index (κ3) is 1.88. The van der Waals surface area contributed by atoms with Gasteiger partial charge in [-0.1, -0.05) is 18.2 Å². The van der Waals surface area contributed by atoms with Gasteiger partial charge < -0.3 is 4.57 Å². The topological polar surface area (TPSA) is 52.4 Å². The highest BCUT2D eigenvalue weighted by molar-refractivity contribution is 5.89. The Morgan fingerprint density at radius 3 is 2.88 bits per heavy atom. The van der Waals surface area contributed by atoms with Gasteiger partial charge in [0.25, 0.3) is 0 Å². The minimum atomic E-state index is -0.672. The van der Waals surface area contributed by atoms with Crippen molar-refractivity contribution in [3.8, 4) is 0 Å². The maximum atomic E-state index is 10.6. The van der Waals surface area contributed by atoms with Gasteiger partial charge in [0.1, 0.15) is 6.57 Å². The first-order chi connectivity index (χ1) is 8.13. The fourth-order valence-electron chi connectivity index (χ4n) is 1.75. The quantitative estimate of drug-likeness (QED) is 0.450. The molecule has 0 bridgehead atoms. The van der Waals surface area contributed by atoms with E-state index in [-0.39, 0.29) is 0 Å². The number of aromatic nitrogens is 1. The van der Waals surface area contributed by atoms with Crippen LogP contribution in [-0.4, -0.2) is 9.49 Å². The van der Waals surface area contributed by atoms with Crippen LogP contribution in [-0.2, 0) is 7.05 Å². The third-order valence-electron chi connectivity index (χ3n) is 2.51. The molecular weight excluding hydrogens is 218 g/mol. The lowest BCUT2D eigenvalue weighted by Crippen LogP contribution is -1.92. The summed E-state index contributed by atoms with van der Waals surface area (Å²) in [7, 11) is 1.86. The zero-order valence-electron chi connectivity index (χ0n) is 9.12. The van der Waals surface area contributed by atoms with E-state index < -0.39 is 10.7 Å². The molecule has 0 aliphatic carbocycles.